The fraction of sp³-hybridized carbons (Fsp3) is 0.412. The summed E-state index contributed by atoms with van der Waals surface area (Å²) in [6.07, 6.45) is 1.10. The maximum absolute atomic E-state index is 12.2. The number of amides is 1. The van der Waals surface area contributed by atoms with Crippen molar-refractivity contribution in [2.75, 3.05) is 0 Å². The molecule has 1 N–H and O–H groups in total. The Hall–Kier alpha value is -1.52. The lowest BCUT2D eigenvalue weighted by molar-refractivity contribution is -0.121. The Bertz CT molecular complexity index is 725. The Labute approximate surface area is 146 Å². The number of aryl methyl sites for hydroxylation is 2. The molecular weight excluding hydrogens is 333 g/mol. The summed E-state index contributed by atoms with van der Waals surface area (Å²) < 4.78 is 1.85. The van der Waals surface area contributed by atoms with E-state index < -0.39 is 0 Å². The summed E-state index contributed by atoms with van der Waals surface area (Å²) in [5.74, 6) is -0.00818. The number of carbonyl (C=O) groups is 1. The maximum atomic E-state index is 12.2. The van der Waals surface area contributed by atoms with E-state index in [-0.39, 0.29) is 11.9 Å². The number of halogens is 2. The van der Waals surface area contributed by atoms with Gasteiger partial charge in [-0.2, -0.15) is 5.10 Å². The van der Waals surface area contributed by atoms with E-state index in [1.165, 1.54) is 0 Å². The molecule has 2 aromatic rings. The Morgan fingerprint density at radius 2 is 2.04 bits per heavy atom. The van der Waals surface area contributed by atoms with Crippen LogP contribution in [0.25, 0.3) is 0 Å². The first-order valence-electron chi connectivity index (χ1n) is 7.53. The first kappa shape index (κ1) is 17.8. The molecule has 1 heterocycles. The molecule has 4 nitrogen and oxygen atoms in total. The predicted molar refractivity (Wildman–Crippen MR) is 94.0 cm³/mol. The van der Waals surface area contributed by atoms with Crippen LogP contribution in [-0.2, 0) is 18.3 Å². The third-order valence-electron chi connectivity index (χ3n) is 4.07. The largest absolute Gasteiger partial charge is 0.350 e. The standard InChI is InChI=1S/C17H21Cl2N3O/c1-10(15-6-5-13(18)9-16(15)19)20-17(23)8-7-14-11(2)21-22(4)12(14)3/h5-6,9-10H,7-8H2,1-4H3,(H,20,23). The molecular formula is C17H21Cl2N3O. The van der Waals surface area contributed by atoms with Crippen molar-refractivity contribution in [1.82, 2.24) is 15.1 Å². The van der Waals surface area contributed by atoms with Gasteiger partial charge in [0.25, 0.3) is 0 Å². The Morgan fingerprint density at radius 1 is 1.35 bits per heavy atom. The van der Waals surface area contributed by atoms with Crippen molar-refractivity contribution in [2.45, 2.75) is 39.7 Å². The van der Waals surface area contributed by atoms with E-state index in [0.717, 1.165) is 22.5 Å². The summed E-state index contributed by atoms with van der Waals surface area (Å²) in [7, 11) is 1.91. The molecule has 1 amide bonds. The smallest absolute Gasteiger partial charge is 0.220 e. The van der Waals surface area contributed by atoms with E-state index in [9.17, 15) is 4.79 Å². The highest BCUT2D eigenvalue weighted by atomic mass is 35.5. The lowest BCUT2D eigenvalue weighted by Crippen LogP contribution is -2.27. The van der Waals surface area contributed by atoms with Crippen LogP contribution in [0.5, 0.6) is 0 Å². The van der Waals surface area contributed by atoms with Gasteiger partial charge < -0.3 is 5.32 Å². The number of benzene rings is 1. The van der Waals surface area contributed by atoms with E-state index in [4.69, 9.17) is 23.2 Å². The molecule has 1 atom stereocenters. The van der Waals surface area contributed by atoms with E-state index in [0.29, 0.717) is 22.9 Å². The second-order valence-corrected chi connectivity index (χ2v) is 6.57. The van der Waals surface area contributed by atoms with Crippen LogP contribution in [0.1, 0.15) is 41.9 Å². The van der Waals surface area contributed by atoms with Gasteiger partial charge in [0.05, 0.1) is 11.7 Å². The van der Waals surface area contributed by atoms with Crippen LogP contribution >= 0.6 is 23.2 Å². The van der Waals surface area contributed by atoms with Crippen LogP contribution in [0.4, 0.5) is 0 Å². The summed E-state index contributed by atoms with van der Waals surface area (Å²) in [6.45, 7) is 5.90. The molecule has 1 aromatic heterocycles. The Kier molecular flexibility index (Phi) is 5.71. The van der Waals surface area contributed by atoms with Crippen molar-refractivity contribution in [3.63, 3.8) is 0 Å². The zero-order valence-corrected chi connectivity index (χ0v) is 15.3. The van der Waals surface area contributed by atoms with Gasteiger partial charge in [0.15, 0.2) is 0 Å². The van der Waals surface area contributed by atoms with Crippen LogP contribution in [0, 0.1) is 13.8 Å². The second kappa shape index (κ2) is 7.37. The van der Waals surface area contributed by atoms with E-state index in [1.807, 2.05) is 38.6 Å². The predicted octanol–water partition coefficient (Wildman–Crippen LogP) is 4.15. The molecule has 6 heteroatoms. The zero-order valence-electron chi connectivity index (χ0n) is 13.8. The fourth-order valence-corrected chi connectivity index (χ4v) is 3.23. The minimum absolute atomic E-state index is 0.00818. The highest BCUT2D eigenvalue weighted by Crippen LogP contribution is 2.26. The second-order valence-electron chi connectivity index (χ2n) is 5.73. The molecule has 2 rings (SSSR count). The number of hydrogen-bond donors (Lipinski definition) is 1. The van der Waals surface area contributed by atoms with Gasteiger partial charge in [-0.25, -0.2) is 0 Å². The summed E-state index contributed by atoms with van der Waals surface area (Å²) in [5, 5.41) is 8.49. The summed E-state index contributed by atoms with van der Waals surface area (Å²) >= 11 is 12.1. The SMILES string of the molecule is Cc1nn(C)c(C)c1CCC(=O)NC(C)c1ccc(Cl)cc1Cl. The van der Waals surface area contributed by atoms with Crippen LogP contribution < -0.4 is 5.32 Å². The van der Waals surface area contributed by atoms with Crippen molar-refractivity contribution >= 4 is 29.1 Å². The van der Waals surface area contributed by atoms with Gasteiger partial charge in [0.1, 0.15) is 0 Å². The number of nitrogens with one attached hydrogen (secondary N) is 1. The number of rotatable bonds is 5. The third-order valence-corrected chi connectivity index (χ3v) is 4.63. The highest BCUT2D eigenvalue weighted by Gasteiger charge is 2.15. The summed E-state index contributed by atoms with van der Waals surface area (Å²) in [5.41, 5.74) is 4.08. The molecule has 0 aliphatic carbocycles. The molecule has 0 saturated carbocycles. The molecule has 1 unspecified atom stereocenters. The fourth-order valence-electron chi connectivity index (χ4n) is 2.66. The minimum atomic E-state index is -0.164. The van der Waals surface area contributed by atoms with E-state index in [1.54, 1.807) is 12.1 Å². The van der Waals surface area contributed by atoms with Crippen LogP contribution in [0.15, 0.2) is 18.2 Å². The molecule has 0 fully saturated rings. The molecule has 1 aromatic carbocycles. The minimum Gasteiger partial charge on any atom is -0.350 e. The number of aromatic nitrogens is 2. The van der Waals surface area contributed by atoms with Crippen molar-refractivity contribution in [1.29, 1.82) is 0 Å². The van der Waals surface area contributed by atoms with Crippen molar-refractivity contribution in [3.05, 3.63) is 50.8 Å². The van der Waals surface area contributed by atoms with Gasteiger partial charge in [-0.3, -0.25) is 9.48 Å². The molecule has 0 radical (unpaired) electrons. The molecule has 0 saturated heterocycles. The van der Waals surface area contributed by atoms with Gasteiger partial charge in [-0.05, 0) is 50.5 Å². The van der Waals surface area contributed by atoms with Crippen LogP contribution in [0.2, 0.25) is 10.0 Å². The molecule has 23 heavy (non-hydrogen) atoms. The summed E-state index contributed by atoms with van der Waals surface area (Å²) in [6, 6.07) is 5.13. The van der Waals surface area contributed by atoms with Gasteiger partial charge in [0.2, 0.25) is 5.91 Å². The number of hydrogen-bond acceptors (Lipinski definition) is 2. The monoisotopic (exact) mass is 353 g/mol. The number of nitrogens with zero attached hydrogens (tertiary/aromatic N) is 2. The van der Waals surface area contributed by atoms with Crippen LogP contribution in [-0.4, -0.2) is 15.7 Å². The van der Waals surface area contributed by atoms with Gasteiger partial charge in [-0.15, -0.1) is 0 Å². The third kappa shape index (κ3) is 4.27. The molecule has 0 bridgehead atoms. The van der Waals surface area contributed by atoms with Gasteiger partial charge in [-0.1, -0.05) is 29.3 Å². The summed E-state index contributed by atoms with van der Waals surface area (Å²) in [4.78, 5) is 12.2. The highest BCUT2D eigenvalue weighted by molar-refractivity contribution is 6.35. The maximum Gasteiger partial charge on any atom is 0.220 e. The van der Waals surface area contributed by atoms with Crippen molar-refractivity contribution in [3.8, 4) is 0 Å². The average Bonchev–Trinajstić information content (AvgIpc) is 2.70. The average molecular weight is 354 g/mol. The number of carbonyl (C=O) groups excluding carboxylic acids is 1. The van der Waals surface area contributed by atoms with Crippen molar-refractivity contribution in [2.24, 2.45) is 7.05 Å². The lowest BCUT2D eigenvalue weighted by Gasteiger charge is -2.16. The first-order valence-corrected chi connectivity index (χ1v) is 8.28. The molecule has 0 aliphatic heterocycles. The molecule has 0 spiro atoms. The molecule has 0 aliphatic rings. The van der Waals surface area contributed by atoms with E-state index >= 15 is 0 Å². The van der Waals surface area contributed by atoms with Gasteiger partial charge in [0, 0.05) is 29.2 Å². The molecule has 124 valence electrons. The normalized spacial score (nSPS) is 12.3. The van der Waals surface area contributed by atoms with Crippen molar-refractivity contribution < 1.29 is 4.79 Å². The Balaban J connectivity index is 1.96. The van der Waals surface area contributed by atoms with E-state index in [2.05, 4.69) is 10.4 Å². The quantitative estimate of drug-likeness (QED) is 0.877. The van der Waals surface area contributed by atoms with Crippen LogP contribution in [0.3, 0.4) is 0 Å². The Morgan fingerprint density at radius 3 is 2.61 bits per heavy atom. The zero-order chi connectivity index (χ0) is 17.1. The first-order chi connectivity index (χ1) is 10.8. The van der Waals surface area contributed by atoms with Gasteiger partial charge >= 0.3 is 0 Å². The lowest BCUT2D eigenvalue weighted by atomic mass is 10.1. The topological polar surface area (TPSA) is 46.9 Å².